The summed E-state index contributed by atoms with van der Waals surface area (Å²) < 4.78 is 105. The van der Waals surface area contributed by atoms with Crippen molar-refractivity contribution in [3.8, 4) is 0 Å². The van der Waals surface area contributed by atoms with Gasteiger partial charge in [0.1, 0.15) is 17.1 Å². The minimum Gasteiger partial charge on any atom is -0.317 e. The normalized spacial score (nSPS) is 11.6. The lowest BCUT2D eigenvalue weighted by Gasteiger charge is -2.14. The van der Waals surface area contributed by atoms with Gasteiger partial charge < -0.3 is 5.32 Å². The third kappa shape index (κ3) is 3.46. The van der Waals surface area contributed by atoms with Crippen molar-refractivity contribution < 1.29 is 39.9 Å². The van der Waals surface area contributed by atoms with Gasteiger partial charge in [-0.25, -0.2) is 22.0 Å². The van der Waals surface area contributed by atoms with Gasteiger partial charge in [-0.15, -0.1) is 0 Å². The fourth-order valence-electron chi connectivity index (χ4n) is 1.85. The first-order valence-electron chi connectivity index (χ1n) is 6.15. The Morgan fingerprint density at radius 2 is 1.40 bits per heavy atom. The van der Waals surface area contributed by atoms with E-state index in [1.807, 2.05) is 0 Å². The third-order valence-corrected chi connectivity index (χ3v) is 3.59. The number of carbonyl (C=O) groups excluding carboxylic acids is 1. The third-order valence-electron chi connectivity index (χ3n) is 2.98. The lowest BCUT2D eigenvalue weighted by Crippen LogP contribution is -2.21. The molecule has 0 saturated carbocycles. The van der Waals surface area contributed by atoms with Gasteiger partial charge >= 0.3 is 6.18 Å². The highest BCUT2D eigenvalue weighted by Gasteiger charge is 2.42. The van der Waals surface area contributed by atoms with E-state index < -0.39 is 58.0 Å². The smallest absolute Gasteiger partial charge is 0.317 e. The molecule has 1 N–H and O–H groups in total. The SMILES string of the molecule is O=C(Nc1c(F)c(F)c(C(F)(F)F)c(F)c1F)c1cccc(Br)c1F. The van der Waals surface area contributed by atoms with Crippen LogP contribution in [-0.2, 0) is 6.18 Å². The highest BCUT2D eigenvalue weighted by atomic mass is 79.9. The Morgan fingerprint density at radius 1 is 0.880 bits per heavy atom. The van der Waals surface area contributed by atoms with Gasteiger partial charge in [-0.1, -0.05) is 6.07 Å². The summed E-state index contributed by atoms with van der Waals surface area (Å²) in [5.74, 6) is -13.1. The van der Waals surface area contributed by atoms with Gasteiger partial charge in [-0.05, 0) is 28.1 Å². The molecule has 134 valence electrons. The Kier molecular flexibility index (Phi) is 5.07. The Labute approximate surface area is 142 Å². The predicted molar refractivity (Wildman–Crippen MR) is 73.3 cm³/mol. The van der Waals surface area contributed by atoms with Crippen LogP contribution >= 0.6 is 15.9 Å². The van der Waals surface area contributed by atoms with E-state index in [2.05, 4.69) is 15.9 Å². The molecule has 25 heavy (non-hydrogen) atoms. The number of hydrogen-bond acceptors (Lipinski definition) is 1. The second-order valence-corrected chi connectivity index (χ2v) is 5.41. The van der Waals surface area contributed by atoms with E-state index in [9.17, 15) is 39.9 Å². The molecule has 0 aromatic heterocycles. The second kappa shape index (κ2) is 6.62. The zero-order valence-electron chi connectivity index (χ0n) is 11.5. The van der Waals surface area contributed by atoms with Crippen LogP contribution in [0.5, 0.6) is 0 Å². The van der Waals surface area contributed by atoms with E-state index in [0.29, 0.717) is 0 Å². The average Bonchev–Trinajstić information content (AvgIpc) is 2.51. The zero-order chi connectivity index (χ0) is 19.1. The standard InChI is InChI=1S/C14H4BrF8NO/c15-5-3-1-2-4(7(5)16)13(25)24-12-10(19)8(17)6(14(21,22)23)9(18)11(12)20/h1-3H,(H,24,25). The molecule has 0 saturated heterocycles. The number of halogens is 9. The summed E-state index contributed by atoms with van der Waals surface area (Å²) in [5.41, 5.74) is -5.37. The van der Waals surface area contributed by atoms with Gasteiger partial charge in [0.2, 0.25) is 0 Å². The fraction of sp³-hybridized carbons (Fsp3) is 0.0714. The van der Waals surface area contributed by atoms with E-state index in [1.54, 1.807) is 0 Å². The number of hydrogen-bond donors (Lipinski definition) is 1. The molecule has 0 heterocycles. The minimum absolute atomic E-state index is 0.203. The van der Waals surface area contributed by atoms with Crippen LogP contribution in [0.15, 0.2) is 22.7 Å². The molecule has 0 spiro atoms. The molecule has 0 aliphatic carbocycles. The van der Waals surface area contributed by atoms with Crippen molar-refractivity contribution >= 4 is 27.5 Å². The minimum atomic E-state index is -5.71. The van der Waals surface area contributed by atoms with E-state index in [-0.39, 0.29) is 4.47 Å². The monoisotopic (exact) mass is 433 g/mol. The van der Waals surface area contributed by atoms with Crippen LogP contribution in [0.4, 0.5) is 40.8 Å². The van der Waals surface area contributed by atoms with Crippen LogP contribution in [0.3, 0.4) is 0 Å². The van der Waals surface area contributed by atoms with Crippen molar-refractivity contribution in [3.63, 3.8) is 0 Å². The summed E-state index contributed by atoms with van der Waals surface area (Å²) in [6.45, 7) is 0. The molecular formula is C14H4BrF8NO. The maximum Gasteiger partial charge on any atom is 0.422 e. The molecule has 0 atom stereocenters. The van der Waals surface area contributed by atoms with Crippen molar-refractivity contribution in [2.24, 2.45) is 0 Å². The Morgan fingerprint density at radius 3 is 1.88 bits per heavy atom. The van der Waals surface area contributed by atoms with Crippen molar-refractivity contribution in [3.05, 3.63) is 62.9 Å². The summed E-state index contributed by atoms with van der Waals surface area (Å²) in [5, 5.41) is 1.33. The molecular weight excluding hydrogens is 430 g/mol. The average molecular weight is 434 g/mol. The first-order valence-corrected chi connectivity index (χ1v) is 6.94. The number of carbonyl (C=O) groups is 1. The van der Waals surface area contributed by atoms with Crippen LogP contribution in [0.25, 0.3) is 0 Å². The van der Waals surface area contributed by atoms with Crippen molar-refractivity contribution in [2.75, 3.05) is 5.32 Å². The first-order chi connectivity index (χ1) is 11.5. The molecule has 0 unspecified atom stereocenters. The van der Waals surface area contributed by atoms with Crippen LogP contribution in [0, 0.1) is 29.1 Å². The van der Waals surface area contributed by atoms with Crippen LogP contribution < -0.4 is 5.32 Å². The molecule has 0 aliphatic heterocycles. The van der Waals surface area contributed by atoms with E-state index in [4.69, 9.17) is 0 Å². The number of alkyl halides is 3. The van der Waals surface area contributed by atoms with Gasteiger partial charge in [-0.2, -0.15) is 13.2 Å². The molecule has 2 rings (SSSR count). The molecule has 11 heteroatoms. The largest absolute Gasteiger partial charge is 0.422 e. The molecule has 2 aromatic carbocycles. The maximum absolute atomic E-state index is 13.7. The Bertz CT molecular complexity index is 836. The van der Waals surface area contributed by atoms with Crippen LogP contribution in [0.2, 0.25) is 0 Å². The Balaban J connectivity index is 2.55. The second-order valence-electron chi connectivity index (χ2n) is 4.56. The summed E-state index contributed by atoms with van der Waals surface area (Å²) in [4.78, 5) is 11.8. The van der Waals surface area contributed by atoms with E-state index in [1.165, 1.54) is 17.4 Å². The lowest BCUT2D eigenvalue weighted by molar-refractivity contribution is -0.143. The molecule has 2 aromatic rings. The number of amides is 1. The molecule has 1 amide bonds. The van der Waals surface area contributed by atoms with Gasteiger partial charge in [-0.3, -0.25) is 4.79 Å². The summed E-state index contributed by atoms with van der Waals surface area (Å²) >= 11 is 2.74. The highest BCUT2D eigenvalue weighted by molar-refractivity contribution is 9.10. The van der Waals surface area contributed by atoms with Gasteiger partial charge in [0.05, 0.1) is 10.0 Å². The van der Waals surface area contributed by atoms with Gasteiger partial charge in [0.25, 0.3) is 5.91 Å². The maximum atomic E-state index is 13.7. The lowest BCUT2D eigenvalue weighted by atomic mass is 10.1. The first kappa shape index (κ1) is 19.2. The quantitative estimate of drug-likeness (QED) is 0.497. The number of nitrogens with one attached hydrogen (secondary N) is 1. The van der Waals surface area contributed by atoms with Crippen LogP contribution in [-0.4, -0.2) is 5.91 Å². The fourth-order valence-corrected chi connectivity index (χ4v) is 2.22. The summed E-state index contributed by atoms with van der Waals surface area (Å²) in [6.07, 6.45) is -5.71. The zero-order valence-corrected chi connectivity index (χ0v) is 13.1. The molecule has 0 bridgehead atoms. The van der Waals surface area contributed by atoms with Gasteiger partial charge in [0.15, 0.2) is 23.3 Å². The molecule has 0 fully saturated rings. The highest BCUT2D eigenvalue weighted by Crippen LogP contribution is 2.38. The topological polar surface area (TPSA) is 29.1 Å². The van der Waals surface area contributed by atoms with E-state index >= 15 is 0 Å². The molecule has 0 aliphatic rings. The van der Waals surface area contributed by atoms with Crippen molar-refractivity contribution in [1.29, 1.82) is 0 Å². The van der Waals surface area contributed by atoms with Crippen molar-refractivity contribution in [2.45, 2.75) is 6.18 Å². The number of anilines is 1. The number of benzene rings is 2. The number of rotatable bonds is 2. The molecule has 2 nitrogen and oxygen atoms in total. The summed E-state index contributed by atoms with van der Waals surface area (Å²) in [6, 6.07) is 3.23. The molecule has 0 radical (unpaired) electrons. The van der Waals surface area contributed by atoms with Crippen molar-refractivity contribution in [1.82, 2.24) is 0 Å². The van der Waals surface area contributed by atoms with Crippen LogP contribution in [0.1, 0.15) is 15.9 Å². The van der Waals surface area contributed by atoms with E-state index in [0.717, 1.165) is 6.07 Å². The summed E-state index contributed by atoms with van der Waals surface area (Å²) in [7, 11) is 0. The Hall–Kier alpha value is -2.17. The predicted octanol–water partition coefficient (Wildman–Crippen LogP) is 5.42. The van der Waals surface area contributed by atoms with Gasteiger partial charge in [0, 0.05) is 0 Å².